The van der Waals surface area contributed by atoms with Crippen LogP contribution < -0.4 is 14.2 Å². The highest BCUT2D eigenvalue weighted by atomic mass is 32.1. The Morgan fingerprint density at radius 1 is 1.15 bits per heavy atom. The normalized spacial score (nSPS) is 26.7. The van der Waals surface area contributed by atoms with E-state index in [4.69, 9.17) is 18.9 Å². The number of methoxy groups -OCH3 is 3. The highest BCUT2D eigenvalue weighted by Gasteiger charge is 2.52. The van der Waals surface area contributed by atoms with Crippen LogP contribution >= 0.6 is 11.3 Å². The smallest absolute Gasteiger partial charge is 0.310 e. The Balaban J connectivity index is 1.91. The van der Waals surface area contributed by atoms with Crippen LogP contribution in [0.3, 0.4) is 0 Å². The summed E-state index contributed by atoms with van der Waals surface area (Å²) in [6.07, 6.45) is -0.681. The molecule has 0 radical (unpaired) electrons. The number of carbonyl (C=O) groups is 1. The number of rotatable bonds is 4. The van der Waals surface area contributed by atoms with Gasteiger partial charge in [-0.05, 0) is 34.7 Å². The fourth-order valence-electron chi connectivity index (χ4n) is 4.11. The Bertz CT molecular complexity index is 819. The maximum atomic E-state index is 12.5. The van der Waals surface area contributed by atoms with Gasteiger partial charge >= 0.3 is 5.97 Å². The van der Waals surface area contributed by atoms with Crippen molar-refractivity contribution in [1.82, 2.24) is 0 Å². The van der Waals surface area contributed by atoms with E-state index in [9.17, 15) is 9.90 Å². The van der Waals surface area contributed by atoms with E-state index in [1.807, 2.05) is 23.6 Å². The maximum Gasteiger partial charge on any atom is 0.310 e. The van der Waals surface area contributed by atoms with Gasteiger partial charge in [-0.3, -0.25) is 4.79 Å². The number of ether oxygens (including phenoxy) is 4. The molecule has 1 aromatic heterocycles. The van der Waals surface area contributed by atoms with Crippen LogP contribution in [-0.4, -0.2) is 39.0 Å². The first-order valence-corrected chi connectivity index (χ1v) is 9.20. The van der Waals surface area contributed by atoms with Crippen molar-refractivity contribution in [3.05, 3.63) is 39.6 Å². The summed E-state index contributed by atoms with van der Waals surface area (Å²) in [5.41, 5.74) is 1.83. The molecule has 2 heterocycles. The number of hydrogen-bond acceptors (Lipinski definition) is 7. The van der Waals surface area contributed by atoms with E-state index in [0.717, 1.165) is 16.0 Å². The second-order valence-corrected chi connectivity index (χ2v) is 7.39. The molecule has 1 aromatic carbocycles. The zero-order chi connectivity index (χ0) is 18.4. The molecule has 6 nitrogen and oxygen atoms in total. The highest BCUT2D eigenvalue weighted by Crippen LogP contribution is 2.54. The average Bonchev–Trinajstić information content (AvgIpc) is 3.29. The molecule has 138 valence electrons. The number of benzene rings is 1. The van der Waals surface area contributed by atoms with Gasteiger partial charge in [-0.1, -0.05) is 0 Å². The zero-order valence-electron chi connectivity index (χ0n) is 14.7. The van der Waals surface area contributed by atoms with Gasteiger partial charge in [0.25, 0.3) is 0 Å². The standard InChI is InChI=1S/C19H20O6S/c1-22-12-6-9(7-13(23-2)17(12)24-3)14-10-4-5-26-18(10)16(20)11-8-25-19(21)15(11)14/h4-7,11,14-16,20H,8H2,1-3H3/t11-,14+,15-,16+/m0/s1. The fraction of sp³-hybridized carbons (Fsp3) is 0.421. The lowest BCUT2D eigenvalue weighted by atomic mass is 9.69. The van der Waals surface area contributed by atoms with Crippen molar-refractivity contribution in [2.24, 2.45) is 11.8 Å². The molecule has 4 atom stereocenters. The van der Waals surface area contributed by atoms with Crippen LogP contribution in [0.4, 0.5) is 0 Å². The molecule has 1 fully saturated rings. The minimum Gasteiger partial charge on any atom is -0.493 e. The zero-order valence-corrected chi connectivity index (χ0v) is 15.5. The van der Waals surface area contributed by atoms with Crippen molar-refractivity contribution in [3.63, 3.8) is 0 Å². The molecule has 7 heteroatoms. The summed E-state index contributed by atoms with van der Waals surface area (Å²) in [4.78, 5) is 13.4. The largest absolute Gasteiger partial charge is 0.493 e. The molecule has 2 aromatic rings. The number of hydrogen-bond donors (Lipinski definition) is 1. The van der Waals surface area contributed by atoms with Gasteiger partial charge in [0, 0.05) is 16.7 Å². The quantitative estimate of drug-likeness (QED) is 0.827. The Morgan fingerprint density at radius 3 is 2.46 bits per heavy atom. The fourth-order valence-corrected chi connectivity index (χ4v) is 5.11. The monoisotopic (exact) mass is 376 g/mol. The van der Waals surface area contributed by atoms with Crippen LogP contribution in [0.1, 0.15) is 28.0 Å². The summed E-state index contributed by atoms with van der Waals surface area (Å²) in [7, 11) is 4.68. The summed E-state index contributed by atoms with van der Waals surface area (Å²) < 4.78 is 21.6. The molecule has 0 spiro atoms. The molecular weight excluding hydrogens is 356 g/mol. The third-order valence-electron chi connectivity index (χ3n) is 5.29. The van der Waals surface area contributed by atoms with Crippen LogP contribution in [0.5, 0.6) is 17.2 Å². The number of carbonyl (C=O) groups excluding carboxylic acids is 1. The van der Waals surface area contributed by atoms with Crippen molar-refractivity contribution in [1.29, 1.82) is 0 Å². The minimum atomic E-state index is -0.681. The molecule has 0 bridgehead atoms. The van der Waals surface area contributed by atoms with Crippen LogP contribution in [0.25, 0.3) is 0 Å². The van der Waals surface area contributed by atoms with Gasteiger partial charge < -0.3 is 24.1 Å². The van der Waals surface area contributed by atoms with Gasteiger partial charge in [-0.25, -0.2) is 0 Å². The van der Waals surface area contributed by atoms with E-state index in [0.29, 0.717) is 17.2 Å². The number of aliphatic hydroxyl groups is 1. The van der Waals surface area contributed by atoms with E-state index in [2.05, 4.69) is 0 Å². The molecule has 2 aliphatic rings. The van der Waals surface area contributed by atoms with Crippen LogP contribution in [0.2, 0.25) is 0 Å². The molecule has 0 saturated carbocycles. The molecule has 4 rings (SSSR count). The van der Waals surface area contributed by atoms with Gasteiger partial charge in [0.1, 0.15) is 0 Å². The number of cyclic esters (lactones) is 1. The average molecular weight is 376 g/mol. The van der Waals surface area contributed by atoms with E-state index >= 15 is 0 Å². The molecule has 26 heavy (non-hydrogen) atoms. The second-order valence-electron chi connectivity index (χ2n) is 6.44. The van der Waals surface area contributed by atoms with Gasteiger partial charge in [-0.2, -0.15) is 0 Å². The molecule has 1 aliphatic carbocycles. The van der Waals surface area contributed by atoms with Crippen molar-refractivity contribution >= 4 is 17.3 Å². The molecule has 1 N–H and O–H groups in total. The minimum absolute atomic E-state index is 0.228. The van der Waals surface area contributed by atoms with Crippen molar-refractivity contribution < 1.29 is 28.8 Å². The molecule has 0 unspecified atom stereocenters. The summed E-state index contributed by atoms with van der Waals surface area (Å²) in [6.45, 7) is 0.239. The summed E-state index contributed by atoms with van der Waals surface area (Å²) in [5, 5.41) is 12.6. The number of aliphatic hydroxyl groups excluding tert-OH is 1. The van der Waals surface area contributed by atoms with E-state index in [1.165, 1.54) is 11.3 Å². The highest BCUT2D eigenvalue weighted by molar-refractivity contribution is 7.10. The summed E-state index contributed by atoms with van der Waals surface area (Å²) in [6, 6.07) is 5.71. The van der Waals surface area contributed by atoms with Crippen LogP contribution in [-0.2, 0) is 9.53 Å². The maximum absolute atomic E-state index is 12.5. The van der Waals surface area contributed by atoms with Crippen molar-refractivity contribution in [3.8, 4) is 17.2 Å². The molecule has 1 aliphatic heterocycles. The Kier molecular flexibility index (Phi) is 4.28. The predicted octanol–water partition coefficient (Wildman–Crippen LogP) is 2.74. The first-order valence-electron chi connectivity index (χ1n) is 8.32. The number of fused-ring (bicyclic) bond motifs is 2. The van der Waals surface area contributed by atoms with Crippen molar-refractivity contribution in [2.45, 2.75) is 12.0 Å². The second kappa shape index (κ2) is 6.48. The number of thiophene rings is 1. The molecule has 1 saturated heterocycles. The Labute approximate surface area is 155 Å². The lowest BCUT2D eigenvalue weighted by Gasteiger charge is -2.34. The van der Waals surface area contributed by atoms with E-state index in [1.54, 1.807) is 21.3 Å². The Morgan fingerprint density at radius 2 is 1.85 bits per heavy atom. The van der Waals surface area contributed by atoms with Crippen molar-refractivity contribution in [2.75, 3.05) is 27.9 Å². The SMILES string of the molecule is COc1cc([C@@H]2c3ccsc3[C@H](O)[C@H]3COC(=O)[C@H]23)cc(OC)c1OC. The number of esters is 1. The van der Waals surface area contributed by atoms with Crippen LogP contribution in [0.15, 0.2) is 23.6 Å². The van der Waals surface area contributed by atoms with Gasteiger partial charge in [-0.15, -0.1) is 11.3 Å². The van der Waals surface area contributed by atoms with E-state index in [-0.39, 0.29) is 24.4 Å². The third-order valence-corrected chi connectivity index (χ3v) is 6.30. The topological polar surface area (TPSA) is 74.2 Å². The van der Waals surface area contributed by atoms with E-state index < -0.39 is 12.0 Å². The molecule has 0 amide bonds. The lowest BCUT2D eigenvalue weighted by molar-refractivity contribution is -0.141. The van der Waals surface area contributed by atoms with Gasteiger partial charge in [0.05, 0.1) is 40.0 Å². The molecular formula is C19H20O6S. The first kappa shape index (κ1) is 17.2. The first-order chi connectivity index (χ1) is 12.6. The lowest BCUT2D eigenvalue weighted by Crippen LogP contribution is -2.33. The predicted molar refractivity (Wildman–Crippen MR) is 95.2 cm³/mol. The van der Waals surface area contributed by atoms with Gasteiger partial charge in [0.2, 0.25) is 5.75 Å². The summed E-state index contributed by atoms with van der Waals surface area (Å²) >= 11 is 1.51. The Hall–Kier alpha value is -2.25. The summed E-state index contributed by atoms with van der Waals surface area (Å²) in [5.74, 6) is 0.386. The van der Waals surface area contributed by atoms with Gasteiger partial charge in [0.15, 0.2) is 11.5 Å². The van der Waals surface area contributed by atoms with Crippen LogP contribution in [0, 0.1) is 11.8 Å². The third kappa shape index (κ3) is 2.38.